The molecule has 0 fully saturated rings. The van der Waals surface area contributed by atoms with Crippen molar-refractivity contribution in [3.8, 4) is 11.8 Å². The van der Waals surface area contributed by atoms with E-state index in [1.807, 2.05) is 78.0 Å². The third-order valence-electron chi connectivity index (χ3n) is 8.75. The van der Waals surface area contributed by atoms with Crippen LogP contribution in [0.3, 0.4) is 0 Å². The van der Waals surface area contributed by atoms with Gasteiger partial charge in [0.25, 0.3) is 5.91 Å². The molecule has 4 aromatic rings. The van der Waals surface area contributed by atoms with Gasteiger partial charge < -0.3 is 20.9 Å². The maximum absolute atomic E-state index is 13.5. The number of nitrogens with one attached hydrogen (secondary N) is 4. The Morgan fingerprint density at radius 3 is 2.34 bits per heavy atom. The van der Waals surface area contributed by atoms with Crippen LogP contribution in [-0.4, -0.2) is 22.7 Å². The van der Waals surface area contributed by atoms with E-state index in [0.29, 0.717) is 22.5 Å². The van der Waals surface area contributed by atoms with Crippen molar-refractivity contribution >= 4 is 29.1 Å². The van der Waals surface area contributed by atoms with Crippen molar-refractivity contribution in [2.45, 2.75) is 64.8 Å². The number of aromatic amines is 1. The molecule has 0 saturated carbocycles. The van der Waals surface area contributed by atoms with E-state index in [1.165, 1.54) is 18.2 Å². The molecule has 3 aromatic carbocycles. The standard InChI is InChI=1S/C37H33FN4O3.C2H6/c1-21(25-8-6-5-7-9-25)10-17-32(43)42-33-22(2)34(39-24(33)4)29-18-19-37(29)30-20-27(13-16-31(30)41-36(37)45)35(44)40-23(3)26-11-14-28(38)15-12-26;1-2/h5-17,20-21,23,29,39H,1-4H3,(H,40,44)(H,41,45)(H,42,43);1-2H3/b17-10+;. The molecule has 1 spiro atoms. The molecular weight excluding hydrogens is 591 g/mol. The summed E-state index contributed by atoms with van der Waals surface area (Å²) in [5.74, 6) is 4.67. The lowest BCUT2D eigenvalue weighted by Gasteiger charge is -2.34. The molecule has 6 rings (SSSR count). The van der Waals surface area contributed by atoms with Crippen LogP contribution >= 0.6 is 0 Å². The summed E-state index contributed by atoms with van der Waals surface area (Å²) < 4.78 is 13.4. The van der Waals surface area contributed by atoms with Gasteiger partial charge in [-0.3, -0.25) is 14.4 Å². The molecule has 0 saturated heterocycles. The van der Waals surface area contributed by atoms with E-state index in [9.17, 15) is 18.8 Å². The van der Waals surface area contributed by atoms with Gasteiger partial charge in [-0.05, 0) is 79.8 Å². The zero-order valence-electron chi connectivity index (χ0n) is 27.4. The van der Waals surface area contributed by atoms with Crippen LogP contribution < -0.4 is 16.0 Å². The van der Waals surface area contributed by atoms with Crippen molar-refractivity contribution in [1.29, 1.82) is 0 Å². The molecule has 47 heavy (non-hydrogen) atoms. The number of carbonyl (C=O) groups is 3. The summed E-state index contributed by atoms with van der Waals surface area (Å²) in [6, 6.07) is 20.7. The second kappa shape index (κ2) is 13.5. The average molecular weight is 631 g/mol. The van der Waals surface area contributed by atoms with Crippen LogP contribution in [0.2, 0.25) is 0 Å². The number of H-pyrrole nitrogens is 1. The molecule has 0 radical (unpaired) electrons. The second-order valence-electron chi connectivity index (χ2n) is 11.7. The van der Waals surface area contributed by atoms with Crippen LogP contribution in [0.25, 0.3) is 0 Å². The number of hydrogen-bond acceptors (Lipinski definition) is 3. The fourth-order valence-corrected chi connectivity index (χ4v) is 6.08. The molecule has 4 unspecified atom stereocenters. The molecule has 1 aliphatic heterocycles. The van der Waals surface area contributed by atoms with Gasteiger partial charge in [0.05, 0.1) is 17.6 Å². The number of aromatic nitrogens is 1. The number of fused-ring (bicyclic) bond motifs is 2. The lowest BCUT2D eigenvalue weighted by molar-refractivity contribution is -0.119. The van der Waals surface area contributed by atoms with Crippen molar-refractivity contribution in [3.05, 3.63) is 130 Å². The van der Waals surface area contributed by atoms with Gasteiger partial charge in [-0.2, -0.15) is 0 Å². The van der Waals surface area contributed by atoms with E-state index in [4.69, 9.17) is 0 Å². The van der Waals surface area contributed by atoms with Crippen LogP contribution in [-0.2, 0) is 15.0 Å². The van der Waals surface area contributed by atoms with E-state index in [2.05, 4.69) is 32.8 Å². The number of halogens is 1. The van der Waals surface area contributed by atoms with E-state index < -0.39 is 11.3 Å². The van der Waals surface area contributed by atoms with Gasteiger partial charge in [0.1, 0.15) is 5.82 Å². The first-order chi connectivity index (χ1) is 22.6. The first-order valence-electron chi connectivity index (χ1n) is 15.9. The molecule has 7 nitrogen and oxygen atoms in total. The Morgan fingerprint density at radius 1 is 0.979 bits per heavy atom. The Balaban J connectivity index is 0.00000213. The molecule has 2 heterocycles. The number of benzene rings is 3. The number of hydrogen-bond donors (Lipinski definition) is 4. The fourth-order valence-electron chi connectivity index (χ4n) is 6.08. The monoisotopic (exact) mass is 630 g/mol. The van der Waals surface area contributed by atoms with Gasteiger partial charge in [0.2, 0.25) is 11.8 Å². The number of allylic oxidation sites excluding steroid dienone is 1. The summed E-state index contributed by atoms with van der Waals surface area (Å²) in [6.45, 7) is 11.6. The van der Waals surface area contributed by atoms with Gasteiger partial charge in [-0.1, -0.05) is 81.2 Å². The Hall–Kier alpha value is -5.42. The van der Waals surface area contributed by atoms with Crippen molar-refractivity contribution in [2.75, 3.05) is 10.6 Å². The lowest BCUT2D eigenvalue weighted by atomic mass is 9.64. The van der Waals surface area contributed by atoms with Crippen LogP contribution in [0.15, 0.2) is 84.9 Å². The van der Waals surface area contributed by atoms with E-state index in [-0.39, 0.29) is 35.5 Å². The van der Waals surface area contributed by atoms with Crippen LogP contribution in [0.5, 0.6) is 0 Å². The largest absolute Gasteiger partial charge is 0.359 e. The Morgan fingerprint density at radius 2 is 1.68 bits per heavy atom. The third-order valence-corrected chi connectivity index (χ3v) is 8.75. The summed E-state index contributed by atoms with van der Waals surface area (Å²) in [5.41, 5.74) is 5.28. The summed E-state index contributed by atoms with van der Waals surface area (Å²) in [7, 11) is 0. The zero-order chi connectivity index (χ0) is 33.9. The van der Waals surface area contributed by atoms with E-state index in [0.717, 1.165) is 28.1 Å². The number of carbonyl (C=O) groups excluding carboxylic acids is 3. The summed E-state index contributed by atoms with van der Waals surface area (Å²) >= 11 is 0. The predicted molar refractivity (Wildman–Crippen MR) is 184 cm³/mol. The van der Waals surface area contributed by atoms with Gasteiger partial charge in [-0.15, -0.1) is 0 Å². The molecule has 3 amide bonds. The third kappa shape index (κ3) is 6.22. The van der Waals surface area contributed by atoms with Crippen LogP contribution in [0.4, 0.5) is 15.8 Å². The van der Waals surface area contributed by atoms with Gasteiger partial charge in [0.15, 0.2) is 5.41 Å². The van der Waals surface area contributed by atoms with Crippen molar-refractivity contribution < 1.29 is 18.8 Å². The minimum absolute atomic E-state index is 0.0742. The molecule has 0 bridgehead atoms. The Labute approximate surface area is 275 Å². The predicted octanol–water partition coefficient (Wildman–Crippen LogP) is 7.58. The Kier molecular flexibility index (Phi) is 9.48. The van der Waals surface area contributed by atoms with Crippen molar-refractivity contribution in [3.63, 3.8) is 0 Å². The molecule has 4 N–H and O–H groups in total. The summed E-state index contributed by atoms with van der Waals surface area (Å²) in [5, 5.41) is 8.89. The lowest BCUT2D eigenvalue weighted by Crippen LogP contribution is -2.44. The molecule has 8 heteroatoms. The Bertz CT molecular complexity index is 1920. The number of anilines is 2. The quantitative estimate of drug-likeness (QED) is 0.119. The van der Waals surface area contributed by atoms with E-state index in [1.54, 1.807) is 30.3 Å². The van der Waals surface area contributed by atoms with E-state index >= 15 is 0 Å². The fraction of sp³-hybridized carbons (Fsp3) is 0.256. The SMILES string of the molecule is CC.Cc1[nH]c(C2C#CC23C(=O)Nc2ccc(C(=O)NC(C)c4ccc(F)cc4)cc23)c(C)c1NC(=O)/C=C/C(C)c1ccccc1. The first kappa shape index (κ1) is 33.0. The van der Waals surface area contributed by atoms with Gasteiger partial charge in [0, 0.05) is 28.2 Å². The topological polar surface area (TPSA) is 103 Å². The summed E-state index contributed by atoms with van der Waals surface area (Å²) in [6.07, 6.45) is 3.40. The highest BCUT2D eigenvalue weighted by atomic mass is 19.1. The highest BCUT2D eigenvalue weighted by molar-refractivity contribution is 6.12. The zero-order valence-corrected chi connectivity index (χ0v) is 27.4. The normalized spacial score (nSPS) is 18.5. The summed E-state index contributed by atoms with van der Waals surface area (Å²) in [4.78, 5) is 43.0. The maximum atomic E-state index is 13.5. The molecule has 2 aliphatic rings. The van der Waals surface area contributed by atoms with Crippen LogP contribution in [0.1, 0.15) is 89.6 Å². The van der Waals surface area contributed by atoms with Gasteiger partial charge >= 0.3 is 0 Å². The van der Waals surface area contributed by atoms with Crippen molar-refractivity contribution in [2.24, 2.45) is 0 Å². The molecule has 240 valence electrons. The van der Waals surface area contributed by atoms with Crippen molar-refractivity contribution in [1.82, 2.24) is 10.3 Å². The molecule has 1 aromatic heterocycles. The van der Waals surface area contributed by atoms with Crippen LogP contribution in [0, 0.1) is 31.5 Å². The van der Waals surface area contributed by atoms with Gasteiger partial charge in [-0.25, -0.2) is 4.39 Å². The highest BCUT2D eigenvalue weighted by Crippen LogP contribution is 2.52. The maximum Gasteiger partial charge on any atom is 0.251 e. The minimum Gasteiger partial charge on any atom is -0.359 e. The number of aryl methyl sites for hydroxylation is 1. The molecule has 4 atom stereocenters. The smallest absolute Gasteiger partial charge is 0.251 e. The molecular formula is C39H39FN4O3. The number of amides is 3. The highest BCUT2D eigenvalue weighted by Gasteiger charge is 2.56. The number of rotatable bonds is 8. The second-order valence-corrected chi connectivity index (χ2v) is 11.7. The first-order valence-corrected chi connectivity index (χ1v) is 15.9. The minimum atomic E-state index is -1.18. The molecule has 1 aliphatic carbocycles. The average Bonchev–Trinajstić information content (AvgIpc) is 3.52.